The molecule has 2 aromatic heterocycles. The van der Waals surface area contributed by atoms with Gasteiger partial charge in [0.15, 0.2) is 27.9 Å². The lowest BCUT2D eigenvalue weighted by atomic mass is 10.5. The van der Waals surface area contributed by atoms with Gasteiger partial charge in [-0.1, -0.05) is 39.3 Å². The average Bonchev–Trinajstić information content (AvgIpc) is 2.77. The summed E-state index contributed by atoms with van der Waals surface area (Å²) in [6, 6.07) is 0.344. The minimum Gasteiger partial charge on any atom is -0.518 e. The summed E-state index contributed by atoms with van der Waals surface area (Å²) in [7, 11) is -5.64. The van der Waals surface area contributed by atoms with Crippen molar-refractivity contribution < 1.29 is 9.22 Å². The second-order valence-corrected chi connectivity index (χ2v) is 23.6. The van der Waals surface area contributed by atoms with Crippen LogP contribution in [-0.2, 0) is 4.79 Å². The third-order valence-electron chi connectivity index (χ3n) is 3.67. The maximum Gasteiger partial charge on any atom is 0.306 e. The van der Waals surface area contributed by atoms with Crippen LogP contribution in [0.25, 0.3) is 11.2 Å². The summed E-state index contributed by atoms with van der Waals surface area (Å²) in [5, 5.41) is 0. The fourth-order valence-corrected chi connectivity index (χ4v) is 6.34. The molecule has 26 heavy (non-hydrogen) atoms. The fraction of sp³-hybridized carbons (Fsp3) is 0.625. The molecule has 2 rings (SSSR count). The van der Waals surface area contributed by atoms with Gasteiger partial charge in [0.05, 0.1) is 6.33 Å². The fourth-order valence-electron chi connectivity index (χ4n) is 2.77. The normalized spacial score (nSPS) is 13.2. The van der Waals surface area contributed by atoms with E-state index in [1.54, 1.807) is 6.92 Å². The van der Waals surface area contributed by atoms with Gasteiger partial charge in [0.25, 0.3) is 0 Å². The van der Waals surface area contributed by atoms with E-state index < -0.39 is 24.8 Å². The lowest BCUT2D eigenvalue weighted by Gasteiger charge is -2.32. The van der Waals surface area contributed by atoms with Gasteiger partial charge in [0, 0.05) is 6.92 Å². The molecule has 0 atom stereocenters. The summed E-state index contributed by atoms with van der Waals surface area (Å²) in [5.74, 6) is 0.553. The second kappa shape index (κ2) is 6.57. The molecule has 0 unspecified atom stereocenters. The highest BCUT2D eigenvalue weighted by atomic mass is 28.4. The number of anilines is 1. The van der Waals surface area contributed by atoms with Gasteiger partial charge in [0.2, 0.25) is 14.2 Å². The molecular formula is C16H31N5O2Si3. The molecule has 7 nitrogen and oxygen atoms in total. The monoisotopic (exact) mass is 409 g/mol. The van der Waals surface area contributed by atoms with E-state index in [2.05, 4.69) is 78.1 Å². The van der Waals surface area contributed by atoms with Crippen LogP contribution in [0.5, 0.6) is 6.01 Å². The number of carbonyl (C=O) groups excluding carboxylic acids is 1. The Balaban J connectivity index is 2.83. The Morgan fingerprint density at radius 3 is 2.04 bits per heavy atom. The highest BCUT2D eigenvalue weighted by molar-refractivity contribution is 6.83. The smallest absolute Gasteiger partial charge is 0.306 e. The van der Waals surface area contributed by atoms with E-state index in [0.29, 0.717) is 17.3 Å². The molecule has 0 saturated heterocycles. The first-order valence-electron chi connectivity index (χ1n) is 8.86. The van der Waals surface area contributed by atoms with Crippen molar-refractivity contribution in [1.29, 1.82) is 0 Å². The Bertz CT molecular complexity index is 831. The van der Waals surface area contributed by atoms with Crippen molar-refractivity contribution in [1.82, 2.24) is 19.2 Å². The van der Waals surface area contributed by atoms with E-state index in [0.717, 1.165) is 5.65 Å². The van der Waals surface area contributed by atoms with Crippen molar-refractivity contribution in [2.75, 3.05) is 4.57 Å². The molecule has 0 spiro atoms. The van der Waals surface area contributed by atoms with Gasteiger partial charge in [-0.3, -0.25) is 4.79 Å². The Labute approximate surface area is 159 Å². The summed E-state index contributed by atoms with van der Waals surface area (Å²) in [5.41, 5.74) is 1.43. The lowest BCUT2D eigenvalue weighted by Crippen LogP contribution is -2.49. The van der Waals surface area contributed by atoms with Crippen molar-refractivity contribution in [2.24, 2.45) is 0 Å². The molecule has 2 heterocycles. The van der Waals surface area contributed by atoms with E-state index >= 15 is 0 Å². The first-order chi connectivity index (χ1) is 11.6. The Hall–Kier alpha value is -1.53. The third kappa shape index (κ3) is 4.41. The zero-order chi connectivity index (χ0) is 20.1. The molecule has 0 aliphatic carbocycles. The maximum absolute atomic E-state index is 12.5. The van der Waals surface area contributed by atoms with E-state index in [9.17, 15) is 4.79 Å². The molecule has 144 valence electrons. The first-order valence-corrected chi connectivity index (χ1v) is 19.2. The minimum atomic E-state index is -2.01. The van der Waals surface area contributed by atoms with Gasteiger partial charge >= 0.3 is 6.01 Å². The van der Waals surface area contributed by atoms with Crippen LogP contribution in [-0.4, -0.2) is 49.9 Å². The van der Waals surface area contributed by atoms with Gasteiger partial charge in [-0.05, 0) is 19.6 Å². The number of fused-ring (bicyclic) bond motifs is 1. The number of nitrogens with zero attached hydrogens (tertiary/aromatic N) is 5. The molecule has 0 aromatic carbocycles. The van der Waals surface area contributed by atoms with Crippen LogP contribution in [0.3, 0.4) is 0 Å². The predicted octanol–water partition coefficient (Wildman–Crippen LogP) is 3.91. The van der Waals surface area contributed by atoms with Crippen LogP contribution in [0.15, 0.2) is 6.33 Å². The standard InChI is InChI=1S/C16H31N5O2Si3/c1-12(22)21(25(5,6)7)15-13-14(20(11-17-13)24(2,3)4)18-16(19-15)23-26(8,9)10/h11H,1-10H3. The number of amides is 1. The number of rotatable bonds is 5. The summed E-state index contributed by atoms with van der Waals surface area (Å²) < 4.78 is 10.1. The predicted molar refractivity (Wildman–Crippen MR) is 115 cm³/mol. The summed E-state index contributed by atoms with van der Waals surface area (Å²) in [6.45, 7) is 20.9. The van der Waals surface area contributed by atoms with E-state index in [1.807, 2.05) is 10.9 Å². The van der Waals surface area contributed by atoms with Crippen LogP contribution in [0.2, 0.25) is 58.9 Å². The molecule has 1 amide bonds. The molecule has 0 fully saturated rings. The summed E-state index contributed by atoms with van der Waals surface area (Å²) in [4.78, 5) is 26.4. The van der Waals surface area contributed by atoms with Crippen molar-refractivity contribution in [2.45, 2.75) is 65.8 Å². The molecule has 0 bridgehead atoms. The third-order valence-corrected chi connectivity index (χ3v) is 8.11. The number of aromatic nitrogens is 4. The number of hydrogen-bond acceptors (Lipinski definition) is 5. The molecule has 10 heteroatoms. The van der Waals surface area contributed by atoms with Crippen molar-refractivity contribution in [3.63, 3.8) is 0 Å². The van der Waals surface area contributed by atoms with E-state index in [4.69, 9.17) is 4.43 Å². The topological polar surface area (TPSA) is 73.1 Å². The van der Waals surface area contributed by atoms with Crippen molar-refractivity contribution in [3.05, 3.63) is 6.33 Å². The average molecular weight is 410 g/mol. The largest absolute Gasteiger partial charge is 0.518 e. The maximum atomic E-state index is 12.5. The Kier molecular flexibility index (Phi) is 5.25. The Morgan fingerprint density at radius 2 is 1.62 bits per heavy atom. The van der Waals surface area contributed by atoms with Gasteiger partial charge in [-0.15, -0.1) is 0 Å². The van der Waals surface area contributed by atoms with Gasteiger partial charge in [0.1, 0.15) is 5.52 Å². The van der Waals surface area contributed by atoms with Crippen LogP contribution >= 0.6 is 0 Å². The summed E-state index contributed by atoms with van der Waals surface area (Å²) in [6.07, 6.45) is 1.83. The first kappa shape index (κ1) is 20.8. The van der Waals surface area contributed by atoms with Crippen LogP contribution in [0.4, 0.5) is 5.82 Å². The van der Waals surface area contributed by atoms with Crippen LogP contribution < -0.4 is 8.99 Å². The second-order valence-electron chi connectivity index (χ2n) is 9.53. The minimum absolute atomic E-state index is 0.0225. The highest BCUT2D eigenvalue weighted by Crippen LogP contribution is 2.30. The zero-order valence-electron chi connectivity index (χ0n) is 17.6. The van der Waals surface area contributed by atoms with Crippen molar-refractivity contribution >= 4 is 47.7 Å². The number of imidazole rings is 1. The van der Waals surface area contributed by atoms with Crippen LogP contribution in [0.1, 0.15) is 6.92 Å². The molecule has 0 N–H and O–H groups in total. The lowest BCUT2D eigenvalue weighted by molar-refractivity contribution is -0.115. The molecule has 0 saturated carbocycles. The van der Waals surface area contributed by atoms with Gasteiger partial charge in [-0.2, -0.15) is 9.97 Å². The molecule has 0 radical (unpaired) electrons. The SMILES string of the molecule is CC(=O)N(c1nc(O[Si](C)(C)C)nc2c1ncn2[Si](C)(C)C)[Si](C)(C)C. The number of carbonyl (C=O) groups is 1. The Morgan fingerprint density at radius 1 is 1.04 bits per heavy atom. The van der Waals surface area contributed by atoms with Crippen LogP contribution in [0, 0.1) is 0 Å². The molecule has 0 aliphatic rings. The van der Waals surface area contributed by atoms with Gasteiger partial charge in [-0.25, -0.2) is 4.98 Å². The zero-order valence-corrected chi connectivity index (χ0v) is 20.6. The quantitative estimate of drug-likeness (QED) is 0.700. The highest BCUT2D eigenvalue weighted by Gasteiger charge is 2.33. The molecule has 0 aliphatic heterocycles. The molecular weight excluding hydrogens is 378 g/mol. The summed E-state index contributed by atoms with van der Waals surface area (Å²) >= 11 is 0. The van der Waals surface area contributed by atoms with Crippen molar-refractivity contribution in [3.8, 4) is 6.01 Å². The molecule has 2 aromatic rings. The number of hydrogen-bond donors (Lipinski definition) is 0. The van der Waals surface area contributed by atoms with E-state index in [-0.39, 0.29) is 5.91 Å². The van der Waals surface area contributed by atoms with E-state index in [1.165, 1.54) is 0 Å². The van der Waals surface area contributed by atoms with Gasteiger partial charge < -0.3 is 13.2 Å².